The van der Waals surface area contributed by atoms with E-state index in [4.69, 9.17) is 0 Å². The van der Waals surface area contributed by atoms with Gasteiger partial charge in [0.1, 0.15) is 0 Å². The molecule has 0 saturated heterocycles. The van der Waals surface area contributed by atoms with Gasteiger partial charge in [-0.05, 0) is 30.9 Å². The van der Waals surface area contributed by atoms with Crippen molar-refractivity contribution in [2.45, 2.75) is 19.3 Å². The molecule has 1 N–H and O–H groups in total. The Morgan fingerprint density at radius 1 is 1.60 bits per heavy atom. The highest BCUT2D eigenvalue weighted by Crippen LogP contribution is 2.25. The standard InChI is InChI=1S/C11H13FN2O/c12-10-9(5-2-6-13-10)11(15)14-7-8-3-1-4-8/h2,5-6,8H,1,3-4,7H2,(H,14,15). The van der Waals surface area contributed by atoms with Crippen molar-refractivity contribution in [3.63, 3.8) is 0 Å². The molecule has 2 rings (SSSR count). The van der Waals surface area contributed by atoms with Gasteiger partial charge in [0.25, 0.3) is 5.91 Å². The Labute approximate surface area is 87.7 Å². The van der Waals surface area contributed by atoms with E-state index in [1.165, 1.54) is 18.7 Å². The molecule has 1 saturated carbocycles. The van der Waals surface area contributed by atoms with Gasteiger partial charge in [-0.3, -0.25) is 4.79 Å². The van der Waals surface area contributed by atoms with Gasteiger partial charge in [0.2, 0.25) is 5.95 Å². The van der Waals surface area contributed by atoms with Crippen molar-refractivity contribution in [3.05, 3.63) is 29.8 Å². The Morgan fingerprint density at radius 3 is 3.00 bits per heavy atom. The molecule has 0 atom stereocenters. The third-order valence-electron chi connectivity index (χ3n) is 2.78. The average Bonchev–Trinajstić information content (AvgIpc) is 2.16. The van der Waals surface area contributed by atoms with E-state index in [0.717, 1.165) is 12.8 Å². The summed E-state index contributed by atoms with van der Waals surface area (Å²) in [6.07, 6.45) is 4.89. The lowest BCUT2D eigenvalue weighted by Gasteiger charge is -2.25. The molecule has 0 aliphatic heterocycles. The molecule has 0 radical (unpaired) electrons. The molecule has 0 aromatic carbocycles. The number of halogens is 1. The van der Waals surface area contributed by atoms with Crippen LogP contribution in [-0.2, 0) is 0 Å². The summed E-state index contributed by atoms with van der Waals surface area (Å²) < 4.78 is 13.1. The summed E-state index contributed by atoms with van der Waals surface area (Å²) in [5, 5.41) is 2.72. The Bertz CT molecular complexity index is 363. The van der Waals surface area contributed by atoms with Crippen LogP contribution in [0.15, 0.2) is 18.3 Å². The number of carbonyl (C=O) groups excluding carboxylic acids is 1. The fraction of sp³-hybridized carbons (Fsp3) is 0.455. The number of pyridine rings is 1. The van der Waals surface area contributed by atoms with E-state index in [9.17, 15) is 9.18 Å². The molecule has 1 amide bonds. The Balaban J connectivity index is 1.92. The van der Waals surface area contributed by atoms with Gasteiger partial charge in [-0.1, -0.05) is 6.42 Å². The number of hydrogen-bond donors (Lipinski definition) is 1. The highest BCUT2D eigenvalue weighted by Gasteiger charge is 2.19. The first-order valence-electron chi connectivity index (χ1n) is 5.16. The predicted octanol–water partition coefficient (Wildman–Crippen LogP) is 1.75. The number of nitrogens with zero attached hydrogens (tertiary/aromatic N) is 1. The van der Waals surface area contributed by atoms with Gasteiger partial charge in [0.15, 0.2) is 0 Å². The number of carbonyl (C=O) groups is 1. The van der Waals surface area contributed by atoms with E-state index in [0.29, 0.717) is 12.5 Å². The first kappa shape index (κ1) is 10.1. The zero-order chi connectivity index (χ0) is 10.7. The van der Waals surface area contributed by atoms with Gasteiger partial charge in [0, 0.05) is 12.7 Å². The molecule has 80 valence electrons. The summed E-state index contributed by atoms with van der Waals surface area (Å²) in [7, 11) is 0. The SMILES string of the molecule is O=C(NCC1CCC1)c1cccnc1F. The fourth-order valence-electron chi connectivity index (χ4n) is 1.58. The average molecular weight is 208 g/mol. The molecule has 15 heavy (non-hydrogen) atoms. The van der Waals surface area contributed by atoms with Crippen LogP contribution >= 0.6 is 0 Å². The van der Waals surface area contributed by atoms with Gasteiger partial charge >= 0.3 is 0 Å². The molecule has 0 bridgehead atoms. The van der Waals surface area contributed by atoms with Crippen LogP contribution in [0.5, 0.6) is 0 Å². The van der Waals surface area contributed by atoms with E-state index in [1.807, 2.05) is 0 Å². The van der Waals surface area contributed by atoms with E-state index < -0.39 is 5.95 Å². The second-order valence-corrected chi connectivity index (χ2v) is 3.85. The summed E-state index contributed by atoms with van der Waals surface area (Å²) >= 11 is 0. The molecule has 1 aliphatic carbocycles. The van der Waals surface area contributed by atoms with Crippen molar-refractivity contribution in [2.24, 2.45) is 5.92 Å². The Kier molecular flexibility index (Phi) is 2.94. The van der Waals surface area contributed by atoms with E-state index in [-0.39, 0.29) is 11.5 Å². The van der Waals surface area contributed by atoms with Gasteiger partial charge in [0.05, 0.1) is 5.56 Å². The van der Waals surface area contributed by atoms with Crippen LogP contribution in [0.1, 0.15) is 29.6 Å². The maximum absolute atomic E-state index is 13.1. The third-order valence-corrected chi connectivity index (χ3v) is 2.78. The zero-order valence-corrected chi connectivity index (χ0v) is 8.37. The van der Waals surface area contributed by atoms with Crippen molar-refractivity contribution in [2.75, 3.05) is 6.54 Å². The number of nitrogens with one attached hydrogen (secondary N) is 1. The topological polar surface area (TPSA) is 42.0 Å². The predicted molar refractivity (Wildman–Crippen MR) is 53.9 cm³/mol. The molecular formula is C11H13FN2O. The molecule has 0 spiro atoms. The molecule has 1 aliphatic rings. The summed E-state index contributed by atoms with van der Waals surface area (Å²) in [5.41, 5.74) is 0.0248. The highest BCUT2D eigenvalue weighted by molar-refractivity contribution is 5.94. The molecule has 1 fully saturated rings. The molecule has 0 unspecified atom stereocenters. The quantitative estimate of drug-likeness (QED) is 0.769. The molecular weight excluding hydrogens is 195 g/mol. The fourth-order valence-corrected chi connectivity index (χ4v) is 1.58. The number of amides is 1. The summed E-state index contributed by atoms with van der Waals surface area (Å²) in [6, 6.07) is 3.00. The van der Waals surface area contributed by atoms with Crippen molar-refractivity contribution in [1.29, 1.82) is 0 Å². The first-order valence-corrected chi connectivity index (χ1v) is 5.16. The van der Waals surface area contributed by atoms with E-state index in [1.54, 1.807) is 6.07 Å². The summed E-state index contributed by atoms with van der Waals surface area (Å²) in [6.45, 7) is 0.646. The smallest absolute Gasteiger partial charge is 0.255 e. The lowest BCUT2D eigenvalue weighted by Crippen LogP contribution is -2.32. The van der Waals surface area contributed by atoms with Crippen molar-refractivity contribution in [3.8, 4) is 0 Å². The minimum absolute atomic E-state index is 0.0248. The van der Waals surface area contributed by atoms with Crippen molar-refractivity contribution >= 4 is 5.91 Å². The van der Waals surface area contributed by atoms with Crippen LogP contribution in [0.3, 0.4) is 0 Å². The lowest BCUT2D eigenvalue weighted by atomic mass is 9.85. The van der Waals surface area contributed by atoms with Crippen LogP contribution in [0, 0.1) is 11.9 Å². The van der Waals surface area contributed by atoms with Crippen LogP contribution in [0.2, 0.25) is 0 Å². The van der Waals surface area contributed by atoms with E-state index >= 15 is 0 Å². The summed E-state index contributed by atoms with van der Waals surface area (Å²) in [5.74, 6) is -0.496. The van der Waals surface area contributed by atoms with Crippen molar-refractivity contribution in [1.82, 2.24) is 10.3 Å². The minimum atomic E-state index is -0.705. The van der Waals surface area contributed by atoms with Gasteiger partial charge in [-0.25, -0.2) is 4.98 Å². The normalized spacial score (nSPS) is 15.8. The first-order chi connectivity index (χ1) is 7.27. The maximum atomic E-state index is 13.1. The monoisotopic (exact) mass is 208 g/mol. The minimum Gasteiger partial charge on any atom is -0.352 e. The van der Waals surface area contributed by atoms with Gasteiger partial charge < -0.3 is 5.32 Å². The number of rotatable bonds is 3. The maximum Gasteiger partial charge on any atom is 0.255 e. The van der Waals surface area contributed by atoms with Crippen LogP contribution in [0.4, 0.5) is 4.39 Å². The van der Waals surface area contributed by atoms with Crippen molar-refractivity contribution < 1.29 is 9.18 Å². The van der Waals surface area contributed by atoms with Crippen LogP contribution in [0.25, 0.3) is 0 Å². The molecule has 4 heteroatoms. The molecule has 1 heterocycles. The number of aromatic nitrogens is 1. The third kappa shape index (κ3) is 2.32. The molecule has 3 nitrogen and oxygen atoms in total. The largest absolute Gasteiger partial charge is 0.352 e. The second kappa shape index (κ2) is 4.38. The molecule has 1 aromatic heterocycles. The zero-order valence-electron chi connectivity index (χ0n) is 8.37. The summed E-state index contributed by atoms with van der Waals surface area (Å²) in [4.78, 5) is 15.0. The van der Waals surface area contributed by atoms with Crippen LogP contribution < -0.4 is 5.32 Å². The number of hydrogen-bond acceptors (Lipinski definition) is 2. The lowest BCUT2D eigenvalue weighted by molar-refractivity contribution is 0.0934. The van der Waals surface area contributed by atoms with E-state index in [2.05, 4.69) is 10.3 Å². The Morgan fingerprint density at radius 2 is 2.40 bits per heavy atom. The second-order valence-electron chi connectivity index (χ2n) is 3.85. The molecule has 1 aromatic rings. The highest BCUT2D eigenvalue weighted by atomic mass is 19.1. The van der Waals surface area contributed by atoms with Gasteiger partial charge in [-0.15, -0.1) is 0 Å². The van der Waals surface area contributed by atoms with Gasteiger partial charge in [-0.2, -0.15) is 4.39 Å². The van der Waals surface area contributed by atoms with Crippen LogP contribution in [-0.4, -0.2) is 17.4 Å². The Hall–Kier alpha value is -1.45.